The average Bonchev–Trinajstić information content (AvgIpc) is 2.62. The van der Waals surface area contributed by atoms with Crippen LogP contribution in [-0.4, -0.2) is 22.9 Å². The topological polar surface area (TPSA) is 98.5 Å². The number of nitrogens with zero attached hydrogens (tertiary/aromatic N) is 1. The molecule has 0 bridgehead atoms. The molecule has 134 valence electrons. The molecule has 8 heteroatoms. The number of hydrogen-bond acceptors (Lipinski definition) is 5. The number of anilines is 1. The van der Waals surface area contributed by atoms with E-state index >= 15 is 0 Å². The molecular formula is C18H15ClN2O5. The molecule has 0 spiro atoms. The number of amides is 1. The number of rotatable bonds is 6. The van der Waals surface area contributed by atoms with Crippen molar-refractivity contribution in [1.29, 1.82) is 0 Å². The number of carbonyl (C=O) groups is 2. The Morgan fingerprint density at radius 1 is 1.23 bits per heavy atom. The van der Waals surface area contributed by atoms with E-state index in [0.717, 1.165) is 6.08 Å². The van der Waals surface area contributed by atoms with Crippen molar-refractivity contribution in [3.8, 4) is 0 Å². The van der Waals surface area contributed by atoms with E-state index in [0.29, 0.717) is 16.3 Å². The number of nitrogens with one attached hydrogen (secondary N) is 1. The molecule has 0 saturated carbocycles. The van der Waals surface area contributed by atoms with E-state index in [1.54, 1.807) is 30.3 Å². The molecule has 0 heterocycles. The zero-order chi connectivity index (χ0) is 19.1. The molecule has 26 heavy (non-hydrogen) atoms. The maximum atomic E-state index is 12.0. The molecule has 2 rings (SSSR count). The predicted molar refractivity (Wildman–Crippen MR) is 97.8 cm³/mol. The van der Waals surface area contributed by atoms with Gasteiger partial charge in [-0.05, 0) is 30.7 Å². The van der Waals surface area contributed by atoms with E-state index in [4.69, 9.17) is 16.3 Å². The average molecular weight is 375 g/mol. The third-order valence-electron chi connectivity index (χ3n) is 3.29. The van der Waals surface area contributed by atoms with Gasteiger partial charge in [0.15, 0.2) is 6.10 Å². The van der Waals surface area contributed by atoms with Crippen LogP contribution in [0.15, 0.2) is 54.6 Å². The number of benzene rings is 2. The molecule has 0 unspecified atom stereocenters. The molecule has 7 nitrogen and oxygen atoms in total. The molecule has 1 atom stereocenters. The monoisotopic (exact) mass is 374 g/mol. The Bertz CT molecular complexity index is 866. The van der Waals surface area contributed by atoms with Gasteiger partial charge in [-0.3, -0.25) is 14.9 Å². The van der Waals surface area contributed by atoms with E-state index in [1.165, 1.54) is 31.2 Å². The summed E-state index contributed by atoms with van der Waals surface area (Å²) in [6.07, 6.45) is 1.42. The standard InChI is InChI=1S/C18H15ClN2O5/c1-12(18(23)20-16-8-3-2-7-15(16)19)26-17(22)10-9-13-5-4-6-14(11-13)21(24)25/h2-12H,1H3,(H,20,23)/b10-9+/t12-/m0/s1. The van der Waals surface area contributed by atoms with Crippen molar-refractivity contribution < 1.29 is 19.2 Å². The molecule has 2 aromatic rings. The van der Waals surface area contributed by atoms with Crippen LogP contribution in [0.5, 0.6) is 0 Å². The lowest BCUT2D eigenvalue weighted by atomic mass is 10.2. The Hall–Kier alpha value is -3.19. The Morgan fingerprint density at radius 2 is 1.96 bits per heavy atom. The number of carbonyl (C=O) groups excluding carboxylic acids is 2. The number of esters is 1. The third kappa shape index (κ3) is 5.42. The normalized spacial score (nSPS) is 11.8. The summed E-state index contributed by atoms with van der Waals surface area (Å²) in [5.41, 5.74) is 0.784. The van der Waals surface area contributed by atoms with E-state index in [2.05, 4.69) is 5.32 Å². The SMILES string of the molecule is C[C@H](OC(=O)/C=C/c1cccc([N+](=O)[O-])c1)C(=O)Nc1ccccc1Cl. The summed E-state index contributed by atoms with van der Waals surface area (Å²) in [4.78, 5) is 34.1. The molecule has 0 fully saturated rings. The fourth-order valence-electron chi connectivity index (χ4n) is 1.97. The number of halogens is 1. The van der Waals surface area contributed by atoms with Crippen molar-refractivity contribution in [3.63, 3.8) is 0 Å². The molecule has 0 aliphatic carbocycles. The van der Waals surface area contributed by atoms with Gasteiger partial charge in [0.05, 0.1) is 15.6 Å². The fraction of sp³-hybridized carbons (Fsp3) is 0.111. The second kappa shape index (κ2) is 8.77. The Kier molecular flexibility index (Phi) is 6.46. The quantitative estimate of drug-likeness (QED) is 0.358. The van der Waals surface area contributed by atoms with Crippen LogP contribution in [0.3, 0.4) is 0 Å². The van der Waals surface area contributed by atoms with Crippen molar-refractivity contribution in [2.75, 3.05) is 5.32 Å². The zero-order valence-corrected chi connectivity index (χ0v) is 14.5. The number of nitro benzene ring substituents is 1. The largest absolute Gasteiger partial charge is 0.449 e. The number of ether oxygens (including phenoxy) is 1. The number of non-ortho nitro benzene ring substituents is 1. The fourth-order valence-corrected chi connectivity index (χ4v) is 2.15. The van der Waals surface area contributed by atoms with E-state index in [9.17, 15) is 19.7 Å². The van der Waals surface area contributed by atoms with Crippen molar-refractivity contribution >= 4 is 40.9 Å². The Balaban J connectivity index is 1.94. The molecule has 0 radical (unpaired) electrons. The zero-order valence-electron chi connectivity index (χ0n) is 13.7. The number of para-hydroxylation sites is 1. The highest BCUT2D eigenvalue weighted by Crippen LogP contribution is 2.20. The van der Waals surface area contributed by atoms with Gasteiger partial charge in [-0.25, -0.2) is 4.79 Å². The molecule has 2 aromatic carbocycles. The highest BCUT2D eigenvalue weighted by atomic mass is 35.5. The summed E-state index contributed by atoms with van der Waals surface area (Å²) in [6, 6.07) is 12.4. The molecule has 1 amide bonds. The van der Waals surface area contributed by atoms with E-state index < -0.39 is 22.9 Å². The van der Waals surface area contributed by atoms with Crippen LogP contribution < -0.4 is 5.32 Å². The first-order chi connectivity index (χ1) is 12.4. The van der Waals surface area contributed by atoms with Crippen molar-refractivity contribution in [1.82, 2.24) is 0 Å². The molecular weight excluding hydrogens is 360 g/mol. The van der Waals surface area contributed by atoms with Gasteiger partial charge in [0, 0.05) is 18.2 Å². The second-order valence-corrected chi connectivity index (χ2v) is 5.64. The van der Waals surface area contributed by atoms with E-state index in [1.807, 2.05) is 0 Å². The molecule has 0 aliphatic heterocycles. The summed E-state index contributed by atoms with van der Waals surface area (Å²) in [5.74, 6) is -1.28. The lowest BCUT2D eigenvalue weighted by Gasteiger charge is -2.13. The lowest BCUT2D eigenvalue weighted by Crippen LogP contribution is -2.29. The summed E-state index contributed by atoms with van der Waals surface area (Å²) < 4.78 is 5.01. The second-order valence-electron chi connectivity index (χ2n) is 5.23. The summed E-state index contributed by atoms with van der Waals surface area (Å²) in [5, 5.41) is 13.6. The van der Waals surface area contributed by atoms with Gasteiger partial charge < -0.3 is 10.1 Å². The van der Waals surface area contributed by atoms with Crippen molar-refractivity contribution in [2.24, 2.45) is 0 Å². The van der Waals surface area contributed by atoms with Crippen LogP contribution in [0.4, 0.5) is 11.4 Å². The first-order valence-electron chi connectivity index (χ1n) is 7.55. The predicted octanol–water partition coefficient (Wildman–Crippen LogP) is 3.83. The van der Waals surface area contributed by atoms with Gasteiger partial charge in [0.25, 0.3) is 11.6 Å². The van der Waals surface area contributed by atoms with Gasteiger partial charge in [0.1, 0.15) is 0 Å². The maximum absolute atomic E-state index is 12.0. The van der Waals surface area contributed by atoms with Gasteiger partial charge in [-0.1, -0.05) is 35.9 Å². The molecule has 0 aromatic heterocycles. The van der Waals surface area contributed by atoms with Gasteiger partial charge in [-0.15, -0.1) is 0 Å². The number of hydrogen-bond donors (Lipinski definition) is 1. The highest BCUT2D eigenvalue weighted by Gasteiger charge is 2.17. The Labute approximate surface area is 154 Å². The highest BCUT2D eigenvalue weighted by molar-refractivity contribution is 6.33. The van der Waals surface area contributed by atoms with Crippen LogP contribution in [0.25, 0.3) is 6.08 Å². The van der Waals surface area contributed by atoms with Crippen LogP contribution in [-0.2, 0) is 14.3 Å². The summed E-state index contributed by atoms with van der Waals surface area (Å²) in [6.45, 7) is 1.42. The summed E-state index contributed by atoms with van der Waals surface area (Å²) >= 11 is 5.95. The molecule has 0 saturated heterocycles. The van der Waals surface area contributed by atoms with E-state index in [-0.39, 0.29) is 5.69 Å². The maximum Gasteiger partial charge on any atom is 0.331 e. The number of nitro groups is 1. The molecule has 0 aliphatic rings. The van der Waals surface area contributed by atoms with Crippen LogP contribution in [0.2, 0.25) is 5.02 Å². The van der Waals surface area contributed by atoms with Crippen LogP contribution in [0, 0.1) is 10.1 Å². The van der Waals surface area contributed by atoms with Gasteiger partial charge in [0.2, 0.25) is 0 Å². The minimum absolute atomic E-state index is 0.0898. The van der Waals surface area contributed by atoms with Gasteiger partial charge >= 0.3 is 5.97 Å². The van der Waals surface area contributed by atoms with Crippen LogP contribution >= 0.6 is 11.6 Å². The van der Waals surface area contributed by atoms with Crippen LogP contribution in [0.1, 0.15) is 12.5 Å². The smallest absolute Gasteiger partial charge is 0.331 e. The first-order valence-corrected chi connectivity index (χ1v) is 7.93. The minimum Gasteiger partial charge on any atom is -0.449 e. The third-order valence-corrected chi connectivity index (χ3v) is 3.62. The minimum atomic E-state index is -1.05. The van der Waals surface area contributed by atoms with Gasteiger partial charge in [-0.2, -0.15) is 0 Å². The van der Waals surface area contributed by atoms with Crippen molar-refractivity contribution in [3.05, 3.63) is 75.3 Å². The lowest BCUT2D eigenvalue weighted by molar-refractivity contribution is -0.384. The van der Waals surface area contributed by atoms with Crippen molar-refractivity contribution in [2.45, 2.75) is 13.0 Å². The first kappa shape index (κ1) is 19.1. The Morgan fingerprint density at radius 3 is 2.65 bits per heavy atom. The summed E-state index contributed by atoms with van der Waals surface area (Å²) in [7, 11) is 0. The molecule has 1 N–H and O–H groups in total.